The highest BCUT2D eigenvalue weighted by Crippen LogP contribution is 2.25. The van der Waals surface area contributed by atoms with Crippen molar-refractivity contribution in [3.8, 4) is 16.9 Å². The van der Waals surface area contributed by atoms with Crippen LogP contribution in [0.5, 0.6) is 0 Å². The summed E-state index contributed by atoms with van der Waals surface area (Å²) in [4.78, 5) is 32.5. The molecule has 0 spiro atoms. The molecular formula is C28H28N4O4. The maximum absolute atomic E-state index is 13.2. The summed E-state index contributed by atoms with van der Waals surface area (Å²) in [5, 5.41) is 2.92. The molecule has 1 aliphatic rings. The van der Waals surface area contributed by atoms with Crippen LogP contribution in [0, 0.1) is 6.92 Å². The van der Waals surface area contributed by atoms with Gasteiger partial charge in [0, 0.05) is 30.6 Å². The van der Waals surface area contributed by atoms with E-state index in [4.69, 9.17) is 14.1 Å². The van der Waals surface area contributed by atoms with Crippen LogP contribution in [0.4, 0.5) is 5.95 Å². The summed E-state index contributed by atoms with van der Waals surface area (Å²) in [7, 11) is 0. The van der Waals surface area contributed by atoms with E-state index in [1.165, 1.54) is 11.2 Å². The summed E-state index contributed by atoms with van der Waals surface area (Å²) >= 11 is 0. The van der Waals surface area contributed by atoms with Crippen LogP contribution in [-0.2, 0) is 9.53 Å². The summed E-state index contributed by atoms with van der Waals surface area (Å²) in [5.74, 6) is -0.134. The summed E-state index contributed by atoms with van der Waals surface area (Å²) in [6, 6.07) is 21.0. The van der Waals surface area contributed by atoms with Crippen molar-refractivity contribution in [3.05, 3.63) is 90.5 Å². The van der Waals surface area contributed by atoms with Crippen LogP contribution in [0.2, 0.25) is 0 Å². The quantitative estimate of drug-likeness (QED) is 0.392. The number of furan rings is 1. The maximum atomic E-state index is 13.2. The van der Waals surface area contributed by atoms with E-state index in [-0.39, 0.29) is 30.2 Å². The minimum Gasteiger partial charge on any atom is -0.459 e. The van der Waals surface area contributed by atoms with Gasteiger partial charge >= 0.3 is 0 Å². The molecule has 1 N–H and O–H groups in total. The lowest BCUT2D eigenvalue weighted by Gasteiger charge is -2.24. The number of anilines is 1. The van der Waals surface area contributed by atoms with Crippen molar-refractivity contribution >= 4 is 17.8 Å². The SMILES string of the molecule is Cc1cccc(-n2cc(-c3ccccc3)nc2NC(=O)CN(CC2CCCO2)C(=O)c2ccco2)c1. The first kappa shape index (κ1) is 23.6. The number of carbonyl (C=O) groups excluding carboxylic acids is 2. The lowest BCUT2D eigenvalue weighted by atomic mass is 10.2. The number of amides is 2. The van der Waals surface area contributed by atoms with Crippen molar-refractivity contribution in [2.45, 2.75) is 25.9 Å². The number of aryl methyl sites for hydroxylation is 1. The van der Waals surface area contributed by atoms with Gasteiger partial charge < -0.3 is 14.1 Å². The zero-order chi connectivity index (χ0) is 24.9. The number of imidazole rings is 1. The molecule has 2 aromatic carbocycles. The molecule has 0 radical (unpaired) electrons. The summed E-state index contributed by atoms with van der Waals surface area (Å²) < 4.78 is 12.9. The highest BCUT2D eigenvalue weighted by Gasteiger charge is 2.27. The first-order valence-electron chi connectivity index (χ1n) is 12.0. The van der Waals surface area contributed by atoms with Crippen LogP contribution in [0.25, 0.3) is 16.9 Å². The fourth-order valence-corrected chi connectivity index (χ4v) is 4.34. The van der Waals surface area contributed by atoms with E-state index in [1.54, 1.807) is 12.1 Å². The van der Waals surface area contributed by atoms with Crippen molar-refractivity contribution in [2.75, 3.05) is 25.0 Å². The molecule has 1 atom stereocenters. The molecule has 36 heavy (non-hydrogen) atoms. The number of carbonyl (C=O) groups is 2. The Morgan fingerprint density at radius 3 is 2.69 bits per heavy atom. The van der Waals surface area contributed by atoms with Gasteiger partial charge in [-0.15, -0.1) is 0 Å². The van der Waals surface area contributed by atoms with E-state index in [2.05, 4.69) is 5.32 Å². The minimum atomic E-state index is -0.355. The van der Waals surface area contributed by atoms with E-state index in [9.17, 15) is 9.59 Å². The number of aromatic nitrogens is 2. The Labute approximate surface area is 209 Å². The van der Waals surface area contributed by atoms with Gasteiger partial charge in [0.05, 0.1) is 18.1 Å². The Morgan fingerprint density at radius 1 is 1.11 bits per heavy atom. The molecule has 3 heterocycles. The molecule has 5 rings (SSSR count). The molecule has 1 fully saturated rings. The molecule has 8 nitrogen and oxygen atoms in total. The Hall–Kier alpha value is -4.17. The van der Waals surface area contributed by atoms with Crippen molar-refractivity contribution in [1.29, 1.82) is 0 Å². The van der Waals surface area contributed by atoms with Crippen LogP contribution in [0.3, 0.4) is 0 Å². The molecule has 1 aliphatic heterocycles. The molecular weight excluding hydrogens is 456 g/mol. The normalized spacial score (nSPS) is 15.1. The standard InChI is InChI=1S/C28H28N4O4/c1-20-8-5-11-22(16-20)32-18-24(21-9-3-2-4-10-21)29-28(32)30-26(33)19-31(17-23-12-6-14-35-23)27(34)25-13-7-15-36-25/h2-5,7-11,13,15-16,18,23H,6,12,14,17,19H2,1H3,(H,29,30,33). The third kappa shape index (κ3) is 5.39. The van der Waals surface area contributed by atoms with Crippen molar-refractivity contribution in [3.63, 3.8) is 0 Å². The van der Waals surface area contributed by atoms with Crippen molar-refractivity contribution in [2.24, 2.45) is 0 Å². The zero-order valence-electron chi connectivity index (χ0n) is 20.1. The van der Waals surface area contributed by atoms with Crippen LogP contribution in [0.15, 0.2) is 83.6 Å². The lowest BCUT2D eigenvalue weighted by molar-refractivity contribution is -0.117. The van der Waals surface area contributed by atoms with Gasteiger partial charge in [-0.1, -0.05) is 42.5 Å². The smallest absolute Gasteiger partial charge is 0.290 e. The van der Waals surface area contributed by atoms with E-state index < -0.39 is 0 Å². The highest BCUT2D eigenvalue weighted by atomic mass is 16.5. The summed E-state index contributed by atoms with van der Waals surface area (Å²) in [6.45, 7) is 2.84. The van der Waals surface area contributed by atoms with Crippen LogP contribution >= 0.6 is 0 Å². The molecule has 2 aromatic heterocycles. The average molecular weight is 485 g/mol. The molecule has 1 saturated heterocycles. The highest BCUT2D eigenvalue weighted by molar-refractivity contribution is 5.97. The van der Waals surface area contributed by atoms with Crippen LogP contribution in [-0.4, -0.2) is 52.1 Å². The average Bonchev–Trinajstić information content (AvgIpc) is 3.66. The number of hydrogen-bond acceptors (Lipinski definition) is 5. The van der Waals surface area contributed by atoms with E-state index >= 15 is 0 Å². The van der Waals surface area contributed by atoms with Gasteiger partial charge in [0.1, 0.15) is 6.54 Å². The van der Waals surface area contributed by atoms with Gasteiger partial charge in [0.25, 0.3) is 5.91 Å². The predicted molar refractivity (Wildman–Crippen MR) is 136 cm³/mol. The monoisotopic (exact) mass is 484 g/mol. The van der Waals surface area contributed by atoms with E-state index in [1.807, 2.05) is 72.3 Å². The third-order valence-corrected chi connectivity index (χ3v) is 6.11. The van der Waals surface area contributed by atoms with Gasteiger partial charge in [0.15, 0.2) is 5.76 Å². The van der Waals surface area contributed by atoms with Crippen LogP contribution < -0.4 is 5.32 Å². The summed E-state index contributed by atoms with van der Waals surface area (Å²) in [5.41, 5.74) is 3.64. The molecule has 0 saturated carbocycles. The molecule has 4 aromatic rings. The van der Waals surface area contributed by atoms with Gasteiger partial charge in [-0.2, -0.15) is 0 Å². The second-order valence-corrected chi connectivity index (χ2v) is 8.87. The lowest BCUT2D eigenvalue weighted by Crippen LogP contribution is -2.42. The fraction of sp³-hybridized carbons (Fsp3) is 0.250. The number of nitrogens with one attached hydrogen (secondary N) is 1. The number of benzene rings is 2. The van der Waals surface area contributed by atoms with Crippen LogP contribution in [0.1, 0.15) is 29.0 Å². The molecule has 0 bridgehead atoms. The van der Waals surface area contributed by atoms with Crippen molar-refractivity contribution < 1.29 is 18.7 Å². The second kappa shape index (κ2) is 10.6. The molecule has 0 aliphatic carbocycles. The molecule has 2 amide bonds. The first-order chi connectivity index (χ1) is 17.6. The Morgan fingerprint density at radius 2 is 1.97 bits per heavy atom. The Bertz CT molecular complexity index is 1320. The van der Waals surface area contributed by atoms with E-state index in [0.29, 0.717) is 19.1 Å². The molecule has 1 unspecified atom stereocenters. The molecule has 8 heteroatoms. The van der Waals surface area contributed by atoms with Gasteiger partial charge in [-0.25, -0.2) is 4.98 Å². The van der Waals surface area contributed by atoms with Gasteiger partial charge in [0.2, 0.25) is 11.9 Å². The van der Waals surface area contributed by atoms with Gasteiger partial charge in [-0.3, -0.25) is 19.5 Å². The second-order valence-electron chi connectivity index (χ2n) is 8.87. The van der Waals surface area contributed by atoms with E-state index in [0.717, 1.165) is 35.3 Å². The Balaban J connectivity index is 1.40. The minimum absolute atomic E-state index is 0.101. The fourth-order valence-electron chi connectivity index (χ4n) is 4.34. The molecule has 184 valence electrons. The Kier molecular flexibility index (Phi) is 6.95. The maximum Gasteiger partial charge on any atom is 0.290 e. The topological polar surface area (TPSA) is 89.6 Å². The number of ether oxygens (including phenoxy) is 1. The summed E-state index contributed by atoms with van der Waals surface area (Å²) in [6.07, 6.45) is 5.03. The number of hydrogen-bond donors (Lipinski definition) is 1. The largest absolute Gasteiger partial charge is 0.459 e. The third-order valence-electron chi connectivity index (χ3n) is 6.11. The first-order valence-corrected chi connectivity index (χ1v) is 12.0. The van der Waals surface area contributed by atoms with Gasteiger partial charge in [-0.05, 0) is 49.6 Å². The number of nitrogens with zero attached hydrogens (tertiary/aromatic N) is 3. The zero-order valence-corrected chi connectivity index (χ0v) is 20.1. The number of rotatable bonds is 8. The van der Waals surface area contributed by atoms with Crippen molar-refractivity contribution in [1.82, 2.24) is 14.5 Å². The predicted octanol–water partition coefficient (Wildman–Crippen LogP) is 4.70.